The topological polar surface area (TPSA) is 62.5 Å². The molecule has 0 radical (unpaired) electrons. The Morgan fingerprint density at radius 3 is 2.67 bits per heavy atom. The Hall–Kier alpha value is -1.29. The number of hydrogen-bond donors (Lipinski definition) is 2. The molecule has 4 heteroatoms. The zero-order valence-corrected chi connectivity index (χ0v) is 11.2. The van der Waals surface area contributed by atoms with Crippen molar-refractivity contribution in [3.8, 4) is 0 Å². The fourth-order valence-electron chi connectivity index (χ4n) is 1.85. The molecule has 1 aromatic heterocycles. The lowest BCUT2D eigenvalue weighted by atomic mass is 9.83. The highest BCUT2D eigenvalue weighted by molar-refractivity contribution is 5.76. The summed E-state index contributed by atoms with van der Waals surface area (Å²) in [5.41, 5.74) is -0.180. The van der Waals surface area contributed by atoms with E-state index in [4.69, 9.17) is 4.42 Å². The van der Waals surface area contributed by atoms with E-state index in [1.807, 2.05) is 26.0 Å². The second-order valence-electron chi connectivity index (χ2n) is 4.72. The molecule has 4 nitrogen and oxygen atoms in total. The average Bonchev–Trinajstić information content (AvgIpc) is 2.92. The molecular formula is C14H23NO3. The van der Waals surface area contributed by atoms with Gasteiger partial charge < -0.3 is 14.8 Å². The minimum atomic E-state index is -0.180. The summed E-state index contributed by atoms with van der Waals surface area (Å²) in [6.07, 6.45) is 4.36. The van der Waals surface area contributed by atoms with Crippen LogP contribution in [-0.4, -0.2) is 24.2 Å². The van der Waals surface area contributed by atoms with Crippen molar-refractivity contribution < 1.29 is 14.3 Å². The Kier molecular flexibility index (Phi) is 5.92. The van der Waals surface area contributed by atoms with Crippen molar-refractivity contribution in [2.45, 2.75) is 39.5 Å². The fourth-order valence-corrected chi connectivity index (χ4v) is 1.85. The van der Waals surface area contributed by atoms with Gasteiger partial charge in [0.2, 0.25) is 5.91 Å². The molecule has 0 unspecified atom stereocenters. The molecule has 0 aromatic carbocycles. The normalized spacial score (nSPS) is 11.5. The molecule has 0 saturated carbocycles. The third-order valence-corrected chi connectivity index (χ3v) is 3.67. The van der Waals surface area contributed by atoms with Gasteiger partial charge in [0.25, 0.3) is 0 Å². The van der Waals surface area contributed by atoms with Crippen LogP contribution in [0.4, 0.5) is 0 Å². The molecule has 1 aromatic rings. The van der Waals surface area contributed by atoms with Gasteiger partial charge in [-0.2, -0.15) is 0 Å². The molecular weight excluding hydrogens is 230 g/mol. The van der Waals surface area contributed by atoms with E-state index in [1.165, 1.54) is 0 Å². The van der Waals surface area contributed by atoms with Crippen molar-refractivity contribution in [1.29, 1.82) is 0 Å². The smallest absolute Gasteiger partial charge is 0.220 e. The van der Waals surface area contributed by atoms with E-state index >= 15 is 0 Å². The molecule has 1 amide bonds. The van der Waals surface area contributed by atoms with E-state index in [2.05, 4.69) is 5.32 Å². The molecule has 1 heterocycles. The third kappa shape index (κ3) is 4.18. The van der Waals surface area contributed by atoms with Crippen LogP contribution in [0.25, 0.3) is 0 Å². The van der Waals surface area contributed by atoms with Gasteiger partial charge in [-0.25, -0.2) is 0 Å². The maximum Gasteiger partial charge on any atom is 0.220 e. The van der Waals surface area contributed by atoms with Gasteiger partial charge in [0.1, 0.15) is 5.76 Å². The van der Waals surface area contributed by atoms with Gasteiger partial charge in [-0.05, 0) is 25.0 Å². The first-order valence-corrected chi connectivity index (χ1v) is 6.55. The molecule has 0 atom stereocenters. The summed E-state index contributed by atoms with van der Waals surface area (Å²) in [5, 5.41) is 12.3. The number of carbonyl (C=O) groups excluding carboxylic acids is 1. The summed E-state index contributed by atoms with van der Waals surface area (Å²) >= 11 is 0. The van der Waals surface area contributed by atoms with Crippen molar-refractivity contribution in [1.82, 2.24) is 5.32 Å². The van der Waals surface area contributed by atoms with Crippen molar-refractivity contribution >= 4 is 5.91 Å². The van der Waals surface area contributed by atoms with Crippen LogP contribution in [0.2, 0.25) is 0 Å². The fraction of sp³-hybridized carbons (Fsp3) is 0.643. The number of amides is 1. The molecule has 0 spiro atoms. The van der Waals surface area contributed by atoms with Crippen LogP contribution in [0.3, 0.4) is 0 Å². The van der Waals surface area contributed by atoms with Gasteiger partial charge in [0, 0.05) is 24.8 Å². The first-order valence-electron chi connectivity index (χ1n) is 6.55. The maximum absolute atomic E-state index is 11.7. The molecule has 1 rings (SSSR count). The van der Waals surface area contributed by atoms with E-state index in [0.29, 0.717) is 19.4 Å². The molecule has 0 aliphatic carbocycles. The zero-order chi connectivity index (χ0) is 13.4. The number of nitrogens with one attached hydrogen (secondary N) is 1. The Morgan fingerprint density at radius 1 is 1.44 bits per heavy atom. The summed E-state index contributed by atoms with van der Waals surface area (Å²) in [4.78, 5) is 11.7. The first kappa shape index (κ1) is 14.8. The van der Waals surface area contributed by atoms with Crippen molar-refractivity contribution in [3.05, 3.63) is 24.2 Å². The Morgan fingerprint density at radius 2 is 2.17 bits per heavy atom. The molecule has 0 fully saturated rings. The van der Waals surface area contributed by atoms with Crippen molar-refractivity contribution in [2.24, 2.45) is 5.41 Å². The number of aliphatic hydroxyl groups excluding tert-OH is 1. The second kappa shape index (κ2) is 7.21. The van der Waals surface area contributed by atoms with E-state index in [0.717, 1.165) is 18.6 Å². The SMILES string of the molecule is CCC(CC)(CO)CNC(=O)CCc1ccco1. The van der Waals surface area contributed by atoms with Crippen LogP contribution >= 0.6 is 0 Å². The van der Waals surface area contributed by atoms with Gasteiger partial charge in [0.15, 0.2) is 0 Å². The van der Waals surface area contributed by atoms with Gasteiger partial charge in [-0.1, -0.05) is 13.8 Å². The summed E-state index contributed by atoms with van der Waals surface area (Å²) in [6, 6.07) is 3.68. The highest BCUT2D eigenvalue weighted by Gasteiger charge is 2.25. The average molecular weight is 253 g/mol. The number of furan rings is 1. The van der Waals surface area contributed by atoms with E-state index in [1.54, 1.807) is 6.26 Å². The van der Waals surface area contributed by atoms with Crippen LogP contribution in [-0.2, 0) is 11.2 Å². The number of rotatable bonds is 8. The predicted octanol–water partition coefficient (Wildman–Crippen LogP) is 2.13. The summed E-state index contributed by atoms with van der Waals surface area (Å²) in [7, 11) is 0. The van der Waals surface area contributed by atoms with Gasteiger partial charge >= 0.3 is 0 Å². The first-order chi connectivity index (χ1) is 8.65. The molecule has 0 bridgehead atoms. The minimum Gasteiger partial charge on any atom is -0.469 e. The molecule has 0 saturated heterocycles. The van der Waals surface area contributed by atoms with Gasteiger partial charge in [-0.3, -0.25) is 4.79 Å². The lowest BCUT2D eigenvalue weighted by Crippen LogP contribution is -2.39. The third-order valence-electron chi connectivity index (χ3n) is 3.67. The Balaban J connectivity index is 2.32. The monoisotopic (exact) mass is 253 g/mol. The molecule has 0 aliphatic heterocycles. The standard InChI is InChI=1S/C14H23NO3/c1-3-14(4-2,11-16)10-15-13(17)8-7-12-6-5-9-18-12/h5-6,9,16H,3-4,7-8,10-11H2,1-2H3,(H,15,17). The van der Waals surface area contributed by atoms with Gasteiger partial charge in [0.05, 0.1) is 12.9 Å². The second-order valence-corrected chi connectivity index (χ2v) is 4.72. The summed E-state index contributed by atoms with van der Waals surface area (Å²) in [6.45, 7) is 4.72. The van der Waals surface area contributed by atoms with Crippen LogP contribution in [0.1, 0.15) is 38.9 Å². The van der Waals surface area contributed by atoms with E-state index < -0.39 is 0 Å². The predicted molar refractivity (Wildman–Crippen MR) is 70.1 cm³/mol. The number of hydrogen-bond acceptors (Lipinski definition) is 3. The highest BCUT2D eigenvalue weighted by atomic mass is 16.3. The summed E-state index contributed by atoms with van der Waals surface area (Å²) < 4.78 is 5.17. The summed E-state index contributed by atoms with van der Waals surface area (Å²) in [5.74, 6) is 0.829. The van der Waals surface area contributed by atoms with Gasteiger partial charge in [-0.15, -0.1) is 0 Å². The lowest BCUT2D eigenvalue weighted by molar-refractivity contribution is -0.121. The quantitative estimate of drug-likeness (QED) is 0.746. The minimum absolute atomic E-state index is 0.00567. The van der Waals surface area contributed by atoms with Crippen LogP contribution in [0.15, 0.2) is 22.8 Å². The van der Waals surface area contributed by atoms with Crippen molar-refractivity contribution in [2.75, 3.05) is 13.2 Å². The van der Waals surface area contributed by atoms with Crippen LogP contribution in [0, 0.1) is 5.41 Å². The van der Waals surface area contributed by atoms with E-state index in [-0.39, 0.29) is 17.9 Å². The molecule has 18 heavy (non-hydrogen) atoms. The lowest BCUT2D eigenvalue weighted by Gasteiger charge is -2.29. The zero-order valence-electron chi connectivity index (χ0n) is 11.2. The molecule has 102 valence electrons. The van der Waals surface area contributed by atoms with Crippen LogP contribution in [0.5, 0.6) is 0 Å². The van der Waals surface area contributed by atoms with E-state index in [9.17, 15) is 9.90 Å². The van der Waals surface area contributed by atoms with Crippen LogP contribution < -0.4 is 5.32 Å². The number of aryl methyl sites for hydroxylation is 1. The number of carbonyl (C=O) groups is 1. The number of aliphatic hydroxyl groups is 1. The largest absolute Gasteiger partial charge is 0.469 e. The maximum atomic E-state index is 11.7. The van der Waals surface area contributed by atoms with Crippen molar-refractivity contribution in [3.63, 3.8) is 0 Å². The Labute approximate surface area is 108 Å². The Bertz CT molecular complexity index is 334. The molecule has 0 aliphatic rings. The highest BCUT2D eigenvalue weighted by Crippen LogP contribution is 2.24. The molecule has 2 N–H and O–H groups in total.